The number of amides is 1. The first-order valence-corrected chi connectivity index (χ1v) is 5.17. The van der Waals surface area contributed by atoms with Gasteiger partial charge in [0.1, 0.15) is 5.56 Å². The molecule has 98 valence electrons. The third-order valence-corrected chi connectivity index (χ3v) is 2.04. The van der Waals surface area contributed by atoms with Crippen LogP contribution in [-0.4, -0.2) is 30.0 Å². The number of benzene rings is 1. The van der Waals surface area contributed by atoms with Crippen LogP contribution in [0.2, 0.25) is 0 Å². The maximum atomic E-state index is 11.6. The third kappa shape index (κ3) is 4.12. The van der Waals surface area contributed by atoms with E-state index >= 15 is 0 Å². The van der Waals surface area contributed by atoms with Crippen LogP contribution in [0.15, 0.2) is 24.3 Å². The summed E-state index contributed by atoms with van der Waals surface area (Å²) in [5.41, 5.74) is -0.589. The summed E-state index contributed by atoms with van der Waals surface area (Å²) in [6, 6.07) is 5.31. The molecule has 0 aliphatic carbocycles. The average Bonchev–Trinajstić information content (AvgIpc) is 2.42. The maximum absolute atomic E-state index is 11.6. The van der Waals surface area contributed by atoms with Gasteiger partial charge in [0.25, 0.3) is 11.6 Å². The minimum absolute atomic E-state index is 0.0157. The number of nitro benzene ring substituents is 1. The van der Waals surface area contributed by atoms with Gasteiger partial charge in [0.05, 0.1) is 11.5 Å². The second-order valence-electron chi connectivity index (χ2n) is 3.33. The van der Waals surface area contributed by atoms with Crippen LogP contribution in [0.25, 0.3) is 0 Å². The quantitative estimate of drug-likeness (QED) is 0.360. The van der Waals surface area contributed by atoms with Crippen molar-refractivity contribution in [3.8, 4) is 12.3 Å². The largest absolute Gasteiger partial charge is 0.452 e. The number of carbonyl (C=O) groups is 2. The Morgan fingerprint density at radius 3 is 2.74 bits per heavy atom. The Bertz CT molecular complexity index is 547. The molecule has 0 saturated heterocycles. The molecule has 1 aromatic carbocycles. The van der Waals surface area contributed by atoms with Crippen LogP contribution in [0, 0.1) is 22.5 Å². The first-order valence-electron chi connectivity index (χ1n) is 5.17. The normalized spacial score (nSPS) is 9.21. The van der Waals surface area contributed by atoms with Crippen LogP contribution in [-0.2, 0) is 9.53 Å². The Labute approximate surface area is 108 Å². The van der Waals surface area contributed by atoms with Gasteiger partial charge < -0.3 is 10.1 Å². The molecule has 0 aliphatic heterocycles. The van der Waals surface area contributed by atoms with Gasteiger partial charge in [-0.15, -0.1) is 6.42 Å². The van der Waals surface area contributed by atoms with Gasteiger partial charge in [-0.25, -0.2) is 4.79 Å². The van der Waals surface area contributed by atoms with E-state index in [2.05, 4.69) is 16.0 Å². The second kappa shape index (κ2) is 6.76. The number of terminal acetylenes is 1. The molecule has 0 radical (unpaired) electrons. The first-order chi connectivity index (χ1) is 9.06. The van der Waals surface area contributed by atoms with Gasteiger partial charge in [0.15, 0.2) is 6.61 Å². The number of nitrogens with one attached hydrogen (secondary N) is 1. The van der Waals surface area contributed by atoms with Gasteiger partial charge in [0, 0.05) is 6.07 Å². The van der Waals surface area contributed by atoms with E-state index < -0.39 is 23.4 Å². The monoisotopic (exact) mass is 262 g/mol. The van der Waals surface area contributed by atoms with Crippen LogP contribution in [0.5, 0.6) is 0 Å². The number of carbonyl (C=O) groups excluding carboxylic acids is 2. The van der Waals surface area contributed by atoms with Gasteiger partial charge in [-0.1, -0.05) is 18.1 Å². The van der Waals surface area contributed by atoms with Crippen LogP contribution in [0.3, 0.4) is 0 Å². The molecule has 0 aliphatic rings. The van der Waals surface area contributed by atoms with Gasteiger partial charge in [-0.2, -0.15) is 0 Å². The molecule has 19 heavy (non-hydrogen) atoms. The lowest BCUT2D eigenvalue weighted by molar-refractivity contribution is -0.385. The Balaban J connectivity index is 2.67. The van der Waals surface area contributed by atoms with Crippen molar-refractivity contribution in [3.63, 3.8) is 0 Å². The molecule has 0 spiro atoms. The zero-order valence-corrected chi connectivity index (χ0v) is 9.79. The number of hydrogen-bond acceptors (Lipinski definition) is 5. The van der Waals surface area contributed by atoms with Gasteiger partial charge in [0.2, 0.25) is 0 Å². The van der Waals surface area contributed by atoms with Crippen molar-refractivity contribution >= 4 is 17.6 Å². The number of nitro groups is 1. The summed E-state index contributed by atoms with van der Waals surface area (Å²) < 4.78 is 4.65. The van der Waals surface area contributed by atoms with E-state index in [1.165, 1.54) is 24.3 Å². The van der Waals surface area contributed by atoms with Crippen LogP contribution in [0.1, 0.15) is 10.4 Å². The van der Waals surface area contributed by atoms with E-state index in [0.717, 1.165) is 0 Å². The highest BCUT2D eigenvalue weighted by Crippen LogP contribution is 2.18. The summed E-state index contributed by atoms with van der Waals surface area (Å²) in [6.45, 7) is -0.533. The van der Waals surface area contributed by atoms with Crippen molar-refractivity contribution < 1.29 is 19.2 Å². The standard InChI is InChI=1S/C12H10N2O5/c1-2-7-13-11(15)8-19-12(16)9-5-3-4-6-10(9)14(17)18/h1,3-6H,7-8H2,(H,13,15). The zero-order valence-electron chi connectivity index (χ0n) is 9.79. The summed E-state index contributed by atoms with van der Waals surface area (Å²) >= 11 is 0. The number of nitrogens with zero attached hydrogens (tertiary/aromatic N) is 1. The highest BCUT2D eigenvalue weighted by molar-refractivity contribution is 5.95. The lowest BCUT2D eigenvalue weighted by atomic mass is 10.2. The fourth-order valence-corrected chi connectivity index (χ4v) is 1.21. The molecule has 7 nitrogen and oxygen atoms in total. The SMILES string of the molecule is C#CCNC(=O)COC(=O)c1ccccc1[N+](=O)[O-]. The highest BCUT2D eigenvalue weighted by atomic mass is 16.6. The zero-order chi connectivity index (χ0) is 14.3. The summed E-state index contributed by atoms with van der Waals surface area (Å²) in [7, 11) is 0. The van der Waals surface area contributed by atoms with E-state index in [0.29, 0.717) is 0 Å². The van der Waals surface area contributed by atoms with Crippen molar-refractivity contribution in [2.75, 3.05) is 13.2 Å². The molecule has 1 aromatic rings. The molecule has 0 unspecified atom stereocenters. The van der Waals surface area contributed by atoms with E-state index in [1.807, 2.05) is 0 Å². The maximum Gasteiger partial charge on any atom is 0.345 e. The summed E-state index contributed by atoms with van der Waals surface area (Å²) in [5.74, 6) is 0.660. The third-order valence-electron chi connectivity index (χ3n) is 2.04. The topological polar surface area (TPSA) is 98.5 Å². The van der Waals surface area contributed by atoms with Crippen molar-refractivity contribution in [1.29, 1.82) is 0 Å². The Morgan fingerprint density at radius 1 is 1.42 bits per heavy atom. The van der Waals surface area contributed by atoms with Crippen LogP contribution < -0.4 is 5.32 Å². The highest BCUT2D eigenvalue weighted by Gasteiger charge is 2.20. The number of esters is 1. The smallest absolute Gasteiger partial charge is 0.345 e. The van der Waals surface area contributed by atoms with E-state index in [9.17, 15) is 19.7 Å². The van der Waals surface area contributed by atoms with Crippen molar-refractivity contribution in [3.05, 3.63) is 39.9 Å². The fraction of sp³-hybridized carbons (Fsp3) is 0.167. The predicted molar refractivity (Wildman–Crippen MR) is 65.2 cm³/mol. The van der Waals surface area contributed by atoms with E-state index in [-0.39, 0.29) is 17.8 Å². The Morgan fingerprint density at radius 2 is 2.11 bits per heavy atom. The Kier molecular flexibility index (Phi) is 5.04. The summed E-state index contributed by atoms with van der Waals surface area (Å²) in [6.07, 6.45) is 4.93. The predicted octanol–water partition coefficient (Wildman–Crippen LogP) is 0.501. The van der Waals surface area contributed by atoms with E-state index in [4.69, 9.17) is 6.42 Å². The molecular weight excluding hydrogens is 252 g/mol. The number of para-hydroxylation sites is 1. The molecule has 0 heterocycles. The summed E-state index contributed by atoms with van der Waals surface area (Å²) in [5, 5.41) is 13.0. The molecule has 1 N–H and O–H groups in total. The molecule has 0 atom stereocenters. The molecule has 0 bridgehead atoms. The van der Waals surface area contributed by atoms with Gasteiger partial charge >= 0.3 is 5.97 Å². The second-order valence-corrected chi connectivity index (χ2v) is 3.33. The Hall–Kier alpha value is -2.88. The van der Waals surface area contributed by atoms with Gasteiger partial charge in [-0.3, -0.25) is 14.9 Å². The van der Waals surface area contributed by atoms with Crippen LogP contribution >= 0.6 is 0 Å². The number of rotatable bonds is 5. The summed E-state index contributed by atoms with van der Waals surface area (Å²) in [4.78, 5) is 32.7. The van der Waals surface area contributed by atoms with Crippen molar-refractivity contribution in [2.24, 2.45) is 0 Å². The molecule has 7 heteroatoms. The number of ether oxygens (including phenoxy) is 1. The van der Waals surface area contributed by atoms with Crippen LogP contribution in [0.4, 0.5) is 5.69 Å². The van der Waals surface area contributed by atoms with Gasteiger partial charge in [-0.05, 0) is 6.07 Å². The molecular formula is C12H10N2O5. The minimum Gasteiger partial charge on any atom is -0.452 e. The molecule has 0 fully saturated rings. The minimum atomic E-state index is -0.942. The average molecular weight is 262 g/mol. The van der Waals surface area contributed by atoms with Crippen molar-refractivity contribution in [2.45, 2.75) is 0 Å². The molecule has 0 saturated carbocycles. The first kappa shape index (κ1) is 14.2. The molecule has 1 amide bonds. The fourth-order valence-electron chi connectivity index (χ4n) is 1.21. The van der Waals surface area contributed by atoms with Crippen molar-refractivity contribution in [1.82, 2.24) is 5.32 Å². The number of hydrogen-bond donors (Lipinski definition) is 1. The molecule has 1 rings (SSSR count). The lowest BCUT2D eigenvalue weighted by Crippen LogP contribution is -2.29. The van der Waals surface area contributed by atoms with E-state index in [1.54, 1.807) is 0 Å². The lowest BCUT2D eigenvalue weighted by Gasteiger charge is -2.05. The molecule has 0 aromatic heterocycles.